The molecule has 0 radical (unpaired) electrons. The molecule has 7 nitrogen and oxygen atoms in total. The molecule has 0 aliphatic rings. The molecule has 0 unspecified atom stereocenters. The number of sulfonamides is 1. The molecule has 1 atom stereocenters. The van der Waals surface area contributed by atoms with Crippen LogP contribution in [0.15, 0.2) is 112 Å². The van der Waals surface area contributed by atoms with Gasteiger partial charge in [0.2, 0.25) is 11.8 Å². The van der Waals surface area contributed by atoms with E-state index >= 15 is 0 Å². The second-order valence-corrected chi connectivity index (χ2v) is 14.0. The number of aryl methyl sites for hydroxylation is 1. The summed E-state index contributed by atoms with van der Waals surface area (Å²) in [5.41, 5.74) is 2.57. The Hall–Kier alpha value is -3.66. The van der Waals surface area contributed by atoms with Crippen molar-refractivity contribution in [3.05, 3.63) is 129 Å². The molecule has 0 bridgehead atoms. The fourth-order valence-electron chi connectivity index (χ4n) is 4.98. The fourth-order valence-corrected chi connectivity index (χ4v) is 7.08. The average Bonchev–Trinajstić information content (AvgIpc) is 3.03. The van der Waals surface area contributed by atoms with Crippen LogP contribution in [0, 0.1) is 6.92 Å². The van der Waals surface area contributed by atoms with Gasteiger partial charge in [0.15, 0.2) is 0 Å². The van der Waals surface area contributed by atoms with E-state index in [1.165, 1.54) is 17.0 Å². The molecule has 0 aliphatic carbocycles. The van der Waals surface area contributed by atoms with Crippen LogP contribution in [0.3, 0.4) is 0 Å². The number of halogens is 2. The molecule has 45 heavy (non-hydrogen) atoms. The number of hydrogen-bond acceptors (Lipinski definition) is 4. The van der Waals surface area contributed by atoms with Gasteiger partial charge in [0, 0.05) is 29.0 Å². The van der Waals surface area contributed by atoms with Crippen LogP contribution < -0.4 is 9.62 Å². The molecule has 0 saturated heterocycles. The van der Waals surface area contributed by atoms with Gasteiger partial charge < -0.3 is 10.2 Å². The molecule has 0 saturated carbocycles. The van der Waals surface area contributed by atoms with Gasteiger partial charge in [0.1, 0.15) is 12.6 Å². The Bertz CT molecular complexity index is 1700. The molecule has 0 heterocycles. The molecule has 0 fully saturated rings. The lowest BCUT2D eigenvalue weighted by Crippen LogP contribution is -2.53. The van der Waals surface area contributed by atoms with Crippen LogP contribution in [0.1, 0.15) is 36.5 Å². The predicted octanol–water partition coefficient (Wildman–Crippen LogP) is 7.16. The van der Waals surface area contributed by atoms with E-state index in [0.29, 0.717) is 17.1 Å². The lowest BCUT2D eigenvalue weighted by Gasteiger charge is -2.34. The summed E-state index contributed by atoms with van der Waals surface area (Å²) < 4.78 is 30.2. The Balaban J connectivity index is 1.81. The zero-order chi connectivity index (χ0) is 32.4. The molecule has 0 aromatic heterocycles. The summed E-state index contributed by atoms with van der Waals surface area (Å²) in [6.07, 6.45) is 1.94. The van der Waals surface area contributed by atoms with Gasteiger partial charge in [-0.05, 0) is 66.4 Å². The molecule has 10 heteroatoms. The highest BCUT2D eigenvalue weighted by Gasteiger charge is 2.35. The maximum Gasteiger partial charge on any atom is 0.264 e. The fraction of sp³-hybridized carbons (Fsp3) is 0.257. The van der Waals surface area contributed by atoms with Crippen molar-refractivity contribution in [3.8, 4) is 0 Å². The molecule has 4 aromatic rings. The van der Waals surface area contributed by atoms with Crippen molar-refractivity contribution in [2.45, 2.75) is 50.6 Å². The number of amides is 2. The van der Waals surface area contributed by atoms with Crippen LogP contribution in [-0.4, -0.2) is 44.3 Å². The van der Waals surface area contributed by atoms with E-state index in [9.17, 15) is 18.0 Å². The first-order valence-electron chi connectivity index (χ1n) is 14.8. The van der Waals surface area contributed by atoms with Crippen molar-refractivity contribution < 1.29 is 18.0 Å². The highest BCUT2D eigenvalue weighted by molar-refractivity contribution is 9.10. The highest BCUT2D eigenvalue weighted by atomic mass is 79.9. The van der Waals surface area contributed by atoms with E-state index in [2.05, 4.69) is 21.2 Å². The average molecular weight is 711 g/mol. The van der Waals surface area contributed by atoms with Crippen molar-refractivity contribution in [1.29, 1.82) is 0 Å². The first-order valence-corrected chi connectivity index (χ1v) is 17.4. The number of carbonyl (C=O) groups excluding carboxylic acids is 2. The summed E-state index contributed by atoms with van der Waals surface area (Å²) in [6.45, 7) is 3.82. The quantitative estimate of drug-likeness (QED) is 0.141. The van der Waals surface area contributed by atoms with Gasteiger partial charge in [-0.25, -0.2) is 8.42 Å². The topological polar surface area (TPSA) is 86.8 Å². The zero-order valence-electron chi connectivity index (χ0n) is 25.3. The van der Waals surface area contributed by atoms with Crippen LogP contribution in [0.25, 0.3) is 0 Å². The zero-order valence-corrected chi connectivity index (χ0v) is 28.5. The van der Waals surface area contributed by atoms with Gasteiger partial charge in [-0.3, -0.25) is 13.9 Å². The first-order chi connectivity index (χ1) is 21.6. The van der Waals surface area contributed by atoms with Gasteiger partial charge in [-0.2, -0.15) is 0 Å². The van der Waals surface area contributed by atoms with E-state index in [-0.39, 0.29) is 29.5 Å². The van der Waals surface area contributed by atoms with Crippen molar-refractivity contribution in [1.82, 2.24) is 10.2 Å². The van der Waals surface area contributed by atoms with Crippen molar-refractivity contribution in [2.75, 3.05) is 17.4 Å². The molecular weight excluding hydrogens is 674 g/mol. The Kier molecular flexibility index (Phi) is 12.2. The van der Waals surface area contributed by atoms with Crippen molar-refractivity contribution in [2.24, 2.45) is 0 Å². The number of nitrogens with one attached hydrogen (secondary N) is 1. The summed E-state index contributed by atoms with van der Waals surface area (Å²) in [5, 5.41) is 3.34. The Morgan fingerprint density at radius 3 is 2.22 bits per heavy atom. The second kappa shape index (κ2) is 16.1. The number of rotatable bonds is 14. The lowest BCUT2D eigenvalue weighted by atomic mass is 10.0. The lowest BCUT2D eigenvalue weighted by molar-refractivity contribution is -0.140. The maximum atomic E-state index is 14.6. The number of unbranched alkanes of at least 4 members (excludes halogenated alkanes) is 1. The molecule has 236 valence electrons. The summed E-state index contributed by atoms with van der Waals surface area (Å²) in [6, 6.07) is 29.0. The van der Waals surface area contributed by atoms with E-state index in [1.807, 2.05) is 61.5 Å². The monoisotopic (exact) mass is 709 g/mol. The number of nitrogens with zero attached hydrogens (tertiary/aromatic N) is 2. The van der Waals surface area contributed by atoms with Gasteiger partial charge in [0.25, 0.3) is 10.0 Å². The third-order valence-corrected chi connectivity index (χ3v) is 9.89. The Labute approximate surface area is 279 Å². The molecule has 0 aliphatic heterocycles. The molecule has 0 spiro atoms. The van der Waals surface area contributed by atoms with Crippen LogP contribution >= 0.6 is 27.5 Å². The molecular formula is C35H37BrClN3O4S. The normalized spacial score (nSPS) is 11.9. The minimum Gasteiger partial charge on any atom is -0.354 e. The van der Waals surface area contributed by atoms with Gasteiger partial charge in [-0.15, -0.1) is 0 Å². The summed E-state index contributed by atoms with van der Waals surface area (Å²) in [7, 11) is -4.20. The van der Waals surface area contributed by atoms with E-state index in [4.69, 9.17) is 11.6 Å². The van der Waals surface area contributed by atoms with E-state index < -0.39 is 28.5 Å². The van der Waals surface area contributed by atoms with Gasteiger partial charge in [-0.1, -0.05) is 108 Å². The minimum atomic E-state index is -4.20. The van der Waals surface area contributed by atoms with Crippen LogP contribution in [0.2, 0.25) is 5.02 Å². The smallest absolute Gasteiger partial charge is 0.264 e. The minimum absolute atomic E-state index is 0.0360. The predicted molar refractivity (Wildman–Crippen MR) is 184 cm³/mol. The molecule has 1 N–H and O–H groups in total. The molecule has 4 aromatic carbocycles. The SMILES string of the molecule is CCCCNC(=O)[C@@H](Cc1ccccc1)N(Cc1cccc(Br)c1)C(=O)CN(c1cc(Cl)ccc1C)S(=O)(=O)c1ccccc1. The Morgan fingerprint density at radius 2 is 1.56 bits per heavy atom. The van der Waals surface area contributed by atoms with Crippen LogP contribution in [-0.2, 0) is 32.6 Å². The largest absolute Gasteiger partial charge is 0.354 e. The molecule has 4 rings (SSSR count). The standard InChI is InChI=1S/C35H37BrClN3O4S/c1-3-4-20-38-35(42)33(22-27-12-7-5-8-13-27)39(24-28-14-11-15-29(36)21-28)34(41)25-40(32-23-30(37)19-18-26(32)2)45(43,44)31-16-9-6-10-17-31/h5-19,21,23,33H,3-4,20,22,24-25H2,1-2H3,(H,38,42)/t33-/m1/s1. The Morgan fingerprint density at radius 1 is 0.889 bits per heavy atom. The summed E-state index contributed by atoms with van der Waals surface area (Å²) in [5.74, 6) is -0.826. The highest BCUT2D eigenvalue weighted by Crippen LogP contribution is 2.30. The third-order valence-electron chi connectivity index (χ3n) is 7.39. The number of benzene rings is 4. The maximum absolute atomic E-state index is 14.6. The third kappa shape index (κ3) is 9.19. The van der Waals surface area contributed by atoms with E-state index in [1.54, 1.807) is 43.3 Å². The number of carbonyl (C=O) groups is 2. The van der Waals surface area contributed by atoms with Crippen molar-refractivity contribution >= 4 is 55.1 Å². The first kappa shape index (κ1) is 34.2. The van der Waals surface area contributed by atoms with Crippen LogP contribution in [0.4, 0.5) is 5.69 Å². The number of anilines is 1. The summed E-state index contributed by atoms with van der Waals surface area (Å²) >= 11 is 9.85. The van der Waals surface area contributed by atoms with Crippen LogP contribution in [0.5, 0.6) is 0 Å². The summed E-state index contributed by atoms with van der Waals surface area (Å²) in [4.78, 5) is 29.9. The van der Waals surface area contributed by atoms with Crippen molar-refractivity contribution in [3.63, 3.8) is 0 Å². The van der Waals surface area contributed by atoms with Gasteiger partial charge >= 0.3 is 0 Å². The second-order valence-electron chi connectivity index (χ2n) is 10.8. The number of hydrogen-bond donors (Lipinski definition) is 1. The van der Waals surface area contributed by atoms with E-state index in [0.717, 1.165) is 32.7 Å². The molecule has 2 amide bonds. The van der Waals surface area contributed by atoms with Gasteiger partial charge in [0.05, 0.1) is 10.6 Å².